The van der Waals surface area contributed by atoms with E-state index in [1.54, 1.807) is 30.3 Å². The van der Waals surface area contributed by atoms with Crippen molar-refractivity contribution in [1.82, 2.24) is 0 Å². The van der Waals surface area contributed by atoms with Gasteiger partial charge in [0.05, 0.1) is 12.7 Å². The lowest BCUT2D eigenvalue weighted by atomic mass is 10.1. The van der Waals surface area contributed by atoms with Crippen molar-refractivity contribution in [3.63, 3.8) is 0 Å². The maximum absolute atomic E-state index is 11.8. The Hall–Kier alpha value is -3.41. The molecule has 0 saturated carbocycles. The molecule has 2 aromatic rings. The zero-order valence-corrected chi connectivity index (χ0v) is 14.5. The lowest BCUT2D eigenvalue weighted by Gasteiger charge is -2.06. The second-order valence-corrected chi connectivity index (χ2v) is 5.47. The van der Waals surface area contributed by atoms with Crippen molar-refractivity contribution in [2.75, 3.05) is 19.0 Å². The lowest BCUT2D eigenvalue weighted by Crippen LogP contribution is -2.20. The summed E-state index contributed by atoms with van der Waals surface area (Å²) in [6.07, 6.45) is 2.74. The number of anilines is 1. The van der Waals surface area contributed by atoms with E-state index >= 15 is 0 Å². The average molecular weight is 353 g/mol. The van der Waals surface area contributed by atoms with Gasteiger partial charge in [-0.15, -0.1) is 0 Å². The summed E-state index contributed by atoms with van der Waals surface area (Å²) in [4.78, 5) is 34.8. The molecule has 134 valence electrons. The predicted molar refractivity (Wildman–Crippen MR) is 97.6 cm³/mol. The minimum atomic E-state index is -0.638. The quantitative estimate of drug-likeness (QED) is 0.638. The van der Waals surface area contributed by atoms with Crippen LogP contribution in [0.1, 0.15) is 21.5 Å². The van der Waals surface area contributed by atoms with E-state index in [4.69, 9.17) is 4.74 Å². The standard InChI is InChI=1S/C20H19NO5/c1-14-4-3-5-17(12-14)21-18(22)13-26-19(23)11-8-15-6-9-16(10-7-15)20(24)25-2/h3-12H,13H2,1-2H3,(H,21,22)/b11-8+. The highest BCUT2D eigenvalue weighted by Crippen LogP contribution is 2.09. The van der Waals surface area contributed by atoms with Crippen LogP contribution in [0, 0.1) is 6.92 Å². The summed E-state index contributed by atoms with van der Waals surface area (Å²) in [5.41, 5.74) is 2.78. The molecule has 6 nitrogen and oxygen atoms in total. The molecular formula is C20H19NO5. The molecule has 2 aromatic carbocycles. The van der Waals surface area contributed by atoms with Crippen molar-refractivity contribution in [3.8, 4) is 0 Å². The molecule has 0 aromatic heterocycles. The summed E-state index contributed by atoms with van der Waals surface area (Å²) in [5, 5.41) is 2.65. The summed E-state index contributed by atoms with van der Waals surface area (Å²) >= 11 is 0. The number of amides is 1. The molecule has 0 radical (unpaired) electrons. The average Bonchev–Trinajstić information content (AvgIpc) is 2.64. The zero-order valence-electron chi connectivity index (χ0n) is 14.5. The summed E-state index contributed by atoms with van der Waals surface area (Å²) in [7, 11) is 1.31. The minimum absolute atomic E-state index is 0.377. The highest BCUT2D eigenvalue weighted by Gasteiger charge is 2.06. The van der Waals surface area contributed by atoms with E-state index in [1.807, 2.05) is 25.1 Å². The summed E-state index contributed by atoms with van der Waals surface area (Å²) in [6.45, 7) is 1.54. The molecule has 0 heterocycles. The van der Waals surface area contributed by atoms with E-state index in [-0.39, 0.29) is 6.61 Å². The van der Waals surface area contributed by atoms with Gasteiger partial charge in [-0.05, 0) is 48.4 Å². The van der Waals surface area contributed by atoms with Gasteiger partial charge in [0.2, 0.25) is 0 Å². The Labute approximate surface area is 151 Å². The molecule has 0 bridgehead atoms. The molecule has 26 heavy (non-hydrogen) atoms. The molecule has 0 aliphatic heterocycles. The maximum Gasteiger partial charge on any atom is 0.337 e. The number of esters is 2. The summed E-state index contributed by atoms with van der Waals surface area (Å²) in [6, 6.07) is 13.8. The van der Waals surface area contributed by atoms with Crippen LogP contribution in [0.4, 0.5) is 5.69 Å². The van der Waals surface area contributed by atoms with Gasteiger partial charge in [-0.1, -0.05) is 24.3 Å². The first-order valence-corrected chi connectivity index (χ1v) is 7.87. The molecular weight excluding hydrogens is 334 g/mol. The highest BCUT2D eigenvalue weighted by atomic mass is 16.5. The van der Waals surface area contributed by atoms with Gasteiger partial charge in [-0.25, -0.2) is 9.59 Å². The summed E-state index contributed by atoms with van der Waals surface area (Å²) in [5.74, 6) is -1.49. The fourth-order valence-electron chi connectivity index (χ4n) is 2.12. The Morgan fingerprint density at radius 2 is 1.81 bits per heavy atom. The van der Waals surface area contributed by atoms with Gasteiger partial charge in [0.25, 0.3) is 5.91 Å². The van der Waals surface area contributed by atoms with Crippen LogP contribution in [-0.2, 0) is 19.1 Å². The number of ether oxygens (including phenoxy) is 2. The monoisotopic (exact) mass is 353 g/mol. The van der Waals surface area contributed by atoms with Crippen LogP contribution in [0.3, 0.4) is 0 Å². The van der Waals surface area contributed by atoms with E-state index in [0.29, 0.717) is 16.8 Å². The number of aryl methyl sites for hydroxylation is 1. The number of hydrogen-bond acceptors (Lipinski definition) is 5. The second-order valence-electron chi connectivity index (χ2n) is 5.47. The van der Waals surface area contributed by atoms with Crippen LogP contribution in [0.2, 0.25) is 0 Å². The van der Waals surface area contributed by atoms with Gasteiger partial charge >= 0.3 is 11.9 Å². The number of hydrogen-bond donors (Lipinski definition) is 1. The van der Waals surface area contributed by atoms with Gasteiger partial charge in [-0.3, -0.25) is 4.79 Å². The van der Waals surface area contributed by atoms with Gasteiger partial charge in [0.15, 0.2) is 6.61 Å². The first-order valence-electron chi connectivity index (χ1n) is 7.87. The highest BCUT2D eigenvalue weighted by molar-refractivity contribution is 5.94. The van der Waals surface area contributed by atoms with Crippen LogP contribution >= 0.6 is 0 Å². The third-order valence-corrected chi connectivity index (χ3v) is 3.39. The number of carbonyl (C=O) groups is 3. The van der Waals surface area contributed by atoms with Crippen molar-refractivity contribution in [3.05, 3.63) is 71.3 Å². The van der Waals surface area contributed by atoms with Crippen LogP contribution in [0.25, 0.3) is 6.08 Å². The molecule has 0 aliphatic carbocycles. The van der Waals surface area contributed by atoms with Crippen LogP contribution in [0.5, 0.6) is 0 Å². The fourth-order valence-corrected chi connectivity index (χ4v) is 2.12. The Morgan fingerprint density at radius 1 is 1.08 bits per heavy atom. The van der Waals surface area contributed by atoms with E-state index < -0.39 is 17.8 Å². The Balaban J connectivity index is 1.81. The van der Waals surface area contributed by atoms with Gasteiger partial charge in [0.1, 0.15) is 0 Å². The van der Waals surface area contributed by atoms with Crippen LogP contribution in [-0.4, -0.2) is 31.6 Å². The van der Waals surface area contributed by atoms with Crippen molar-refractivity contribution in [2.24, 2.45) is 0 Å². The molecule has 0 fully saturated rings. The minimum Gasteiger partial charge on any atom is -0.465 e. The number of benzene rings is 2. The summed E-state index contributed by atoms with van der Waals surface area (Å²) < 4.78 is 9.50. The number of carbonyl (C=O) groups excluding carboxylic acids is 3. The van der Waals surface area contributed by atoms with Crippen molar-refractivity contribution < 1.29 is 23.9 Å². The predicted octanol–water partition coefficient (Wildman–Crippen LogP) is 2.98. The molecule has 1 amide bonds. The SMILES string of the molecule is COC(=O)c1ccc(/C=C/C(=O)OCC(=O)Nc2cccc(C)c2)cc1. The Kier molecular flexibility index (Phi) is 6.68. The molecule has 0 atom stereocenters. The van der Waals surface area contributed by atoms with Crippen molar-refractivity contribution in [2.45, 2.75) is 6.92 Å². The normalized spacial score (nSPS) is 10.4. The van der Waals surface area contributed by atoms with Crippen molar-refractivity contribution >= 4 is 29.6 Å². The first kappa shape index (κ1) is 18.9. The third-order valence-electron chi connectivity index (χ3n) is 3.39. The largest absolute Gasteiger partial charge is 0.465 e. The molecule has 1 N–H and O–H groups in total. The topological polar surface area (TPSA) is 81.7 Å². The Morgan fingerprint density at radius 3 is 2.46 bits per heavy atom. The van der Waals surface area contributed by atoms with E-state index in [1.165, 1.54) is 19.3 Å². The smallest absolute Gasteiger partial charge is 0.337 e. The van der Waals surface area contributed by atoms with Crippen LogP contribution < -0.4 is 5.32 Å². The van der Waals surface area contributed by atoms with Gasteiger partial charge < -0.3 is 14.8 Å². The Bertz CT molecular complexity index is 824. The number of nitrogens with one attached hydrogen (secondary N) is 1. The fraction of sp³-hybridized carbons (Fsp3) is 0.150. The molecule has 6 heteroatoms. The van der Waals surface area contributed by atoms with Crippen molar-refractivity contribution in [1.29, 1.82) is 0 Å². The molecule has 0 unspecified atom stereocenters. The van der Waals surface area contributed by atoms with Gasteiger partial charge in [0, 0.05) is 11.8 Å². The lowest BCUT2D eigenvalue weighted by molar-refractivity contribution is -0.142. The van der Waals surface area contributed by atoms with E-state index in [0.717, 1.165) is 5.56 Å². The molecule has 0 spiro atoms. The molecule has 2 rings (SSSR count). The molecule has 0 aliphatic rings. The van der Waals surface area contributed by atoms with Crippen LogP contribution in [0.15, 0.2) is 54.6 Å². The zero-order chi connectivity index (χ0) is 18.9. The number of rotatable bonds is 6. The van der Waals surface area contributed by atoms with E-state index in [9.17, 15) is 14.4 Å². The van der Waals surface area contributed by atoms with E-state index in [2.05, 4.69) is 10.1 Å². The second kappa shape index (κ2) is 9.17. The third kappa shape index (κ3) is 5.90. The number of methoxy groups -OCH3 is 1. The molecule has 0 saturated heterocycles. The van der Waals surface area contributed by atoms with Gasteiger partial charge in [-0.2, -0.15) is 0 Å². The first-order chi connectivity index (χ1) is 12.5. The maximum atomic E-state index is 11.8.